The number of carbonyl (C=O) groups is 2. The quantitative estimate of drug-likeness (QED) is 0.578. The van der Waals surface area contributed by atoms with E-state index in [0.29, 0.717) is 0 Å². The Morgan fingerprint density at radius 2 is 1.61 bits per heavy atom. The van der Waals surface area contributed by atoms with Gasteiger partial charge >= 0.3 is 0 Å². The summed E-state index contributed by atoms with van der Waals surface area (Å²) >= 11 is 0. The molecule has 2 unspecified atom stereocenters. The van der Waals surface area contributed by atoms with Gasteiger partial charge in [-0.1, -0.05) is 54.6 Å². The summed E-state index contributed by atoms with van der Waals surface area (Å²) in [4.78, 5) is 25.4. The van der Waals surface area contributed by atoms with Crippen molar-refractivity contribution >= 4 is 22.3 Å². The van der Waals surface area contributed by atoms with Crippen molar-refractivity contribution in [2.24, 2.45) is 5.92 Å². The van der Waals surface area contributed by atoms with Crippen molar-refractivity contribution < 1.29 is 9.59 Å². The Kier molecular flexibility index (Phi) is 2.31. The van der Waals surface area contributed by atoms with E-state index >= 15 is 0 Å². The lowest BCUT2D eigenvalue weighted by Gasteiger charge is -2.25. The SMILES string of the molecule is CC1C(=O)c2cccc3c2C(C1=O)c1ccc2ccccc2c1-3. The molecule has 2 heteroatoms. The maximum absolute atomic E-state index is 12.8. The van der Waals surface area contributed by atoms with Crippen LogP contribution in [-0.4, -0.2) is 11.6 Å². The summed E-state index contributed by atoms with van der Waals surface area (Å²) in [6.45, 7) is 1.74. The van der Waals surface area contributed by atoms with Crippen LogP contribution in [0.2, 0.25) is 0 Å². The number of fused-ring (bicyclic) bond motifs is 5. The predicted molar refractivity (Wildman–Crippen MR) is 89.7 cm³/mol. The summed E-state index contributed by atoms with van der Waals surface area (Å²) in [5.74, 6) is -0.849. The first-order valence-electron chi connectivity index (χ1n) is 7.91. The first-order valence-corrected chi connectivity index (χ1v) is 7.91. The second-order valence-corrected chi connectivity index (χ2v) is 6.44. The van der Waals surface area contributed by atoms with Crippen LogP contribution >= 0.6 is 0 Å². The van der Waals surface area contributed by atoms with E-state index in [-0.39, 0.29) is 17.5 Å². The largest absolute Gasteiger partial charge is 0.298 e. The number of Topliss-reactive ketones (excluding diaryl/α,β-unsaturated/α-hetero) is 2. The second kappa shape index (κ2) is 4.17. The minimum absolute atomic E-state index is 0.0315. The summed E-state index contributed by atoms with van der Waals surface area (Å²) in [5, 5.41) is 2.31. The van der Waals surface area contributed by atoms with Gasteiger partial charge in [-0.15, -0.1) is 0 Å². The molecule has 2 aliphatic carbocycles. The van der Waals surface area contributed by atoms with Gasteiger partial charge in [-0.2, -0.15) is 0 Å². The van der Waals surface area contributed by atoms with E-state index in [1.165, 1.54) is 0 Å². The van der Waals surface area contributed by atoms with Crippen molar-refractivity contribution in [2.75, 3.05) is 0 Å². The van der Waals surface area contributed by atoms with Crippen LogP contribution in [-0.2, 0) is 4.79 Å². The van der Waals surface area contributed by atoms with E-state index in [4.69, 9.17) is 0 Å². The van der Waals surface area contributed by atoms with E-state index < -0.39 is 5.92 Å². The first kappa shape index (κ1) is 12.8. The molecule has 23 heavy (non-hydrogen) atoms. The van der Waals surface area contributed by atoms with Crippen LogP contribution in [0.5, 0.6) is 0 Å². The average Bonchev–Trinajstić information content (AvgIpc) is 2.93. The van der Waals surface area contributed by atoms with Crippen molar-refractivity contribution in [1.82, 2.24) is 0 Å². The number of carbonyl (C=O) groups excluding carboxylic acids is 2. The van der Waals surface area contributed by atoms with E-state index in [0.717, 1.165) is 38.6 Å². The summed E-state index contributed by atoms with van der Waals surface area (Å²) in [6, 6.07) is 18.2. The number of rotatable bonds is 0. The van der Waals surface area contributed by atoms with Gasteiger partial charge in [0.1, 0.15) is 0 Å². The molecule has 0 N–H and O–H groups in total. The summed E-state index contributed by atoms with van der Waals surface area (Å²) in [7, 11) is 0. The molecule has 0 radical (unpaired) electrons. The van der Waals surface area contributed by atoms with Gasteiger partial charge in [-0.3, -0.25) is 9.59 Å². The minimum atomic E-state index is -0.555. The third kappa shape index (κ3) is 1.43. The lowest BCUT2D eigenvalue weighted by Crippen LogP contribution is -2.32. The zero-order valence-electron chi connectivity index (χ0n) is 12.7. The topological polar surface area (TPSA) is 34.1 Å². The van der Waals surface area contributed by atoms with Gasteiger partial charge in [0, 0.05) is 5.56 Å². The number of benzene rings is 3. The van der Waals surface area contributed by atoms with Gasteiger partial charge < -0.3 is 0 Å². The molecule has 0 spiro atoms. The fourth-order valence-corrected chi connectivity index (χ4v) is 4.20. The molecule has 110 valence electrons. The standard InChI is InChI=1S/C21H14O2/c1-11-20(22)16-8-4-7-14-17-13-6-3-2-5-12(13)9-10-15(17)19(18(14)16)21(11)23/h2-11,19H,1H3. The maximum atomic E-state index is 12.8. The van der Waals surface area contributed by atoms with Crippen molar-refractivity contribution in [1.29, 1.82) is 0 Å². The molecule has 2 nitrogen and oxygen atoms in total. The number of hydrogen-bond acceptors (Lipinski definition) is 2. The third-order valence-corrected chi connectivity index (χ3v) is 5.31. The van der Waals surface area contributed by atoms with E-state index in [9.17, 15) is 9.59 Å². The van der Waals surface area contributed by atoms with Crippen LogP contribution in [0, 0.1) is 5.92 Å². The zero-order valence-corrected chi connectivity index (χ0v) is 12.7. The monoisotopic (exact) mass is 298 g/mol. The average molecular weight is 298 g/mol. The molecular weight excluding hydrogens is 284 g/mol. The molecule has 0 saturated carbocycles. The van der Waals surface area contributed by atoms with Crippen molar-refractivity contribution in [2.45, 2.75) is 12.8 Å². The molecule has 2 aliphatic rings. The number of hydrogen-bond donors (Lipinski definition) is 0. The molecule has 3 aromatic carbocycles. The highest BCUT2D eigenvalue weighted by atomic mass is 16.2. The van der Waals surface area contributed by atoms with Crippen LogP contribution in [0.25, 0.3) is 21.9 Å². The van der Waals surface area contributed by atoms with Crippen LogP contribution in [0.15, 0.2) is 54.6 Å². The highest BCUT2D eigenvalue weighted by Crippen LogP contribution is 2.52. The molecule has 0 aromatic heterocycles. The molecule has 5 rings (SSSR count). The Bertz CT molecular complexity index is 1030. The Hall–Kier alpha value is -2.74. The fraction of sp³-hybridized carbons (Fsp3) is 0.143. The molecule has 0 saturated heterocycles. The summed E-state index contributed by atoms with van der Waals surface area (Å²) in [5.41, 5.74) is 4.87. The van der Waals surface area contributed by atoms with E-state index in [1.807, 2.05) is 30.3 Å². The van der Waals surface area contributed by atoms with Crippen LogP contribution in [0.3, 0.4) is 0 Å². The van der Waals surface area contributed by atoms with E-state index in [2.05, 4.69) is 24.3 Å². The molecular formula is C21H14O2. The first-order chi connectivity index (χ1) is 11.2. The van der Waals surface area contributed by atoms with E-state index in [1.54, 1.807) is 6.92 Å². The molecule has 0 aliphatic heterocycles. The van der Waals surface area contributed by atoms with Gasteiger partial charge in [-0.05, 0) is 39.9 Å². The minimum Gasteiger partial charge on any atom is -0.298 e. The molecule has 3 aromatic rings. The van der Waals surface area contributed by atoms with Crippen molar-refractivity contribution in [3.05, 3.63) is 71.3 Å². The molecule has 0 heterocycles. The normalized spacial score (nSPS) is 21.4. The summed E-state index contributed by atoms with van der Waals surface area (Å²) < 4.78 is 0. The highest BCUT2D eigenvalue weighted by Gasteiger charge is 2.45. The smallest absolute Gasteiger partial charge is 0.173 e. The summed E-state index contributed by atoms with van der Waals surface area (Å²) in [6.07, 6.45) is 0. The van der Waals surface area contributed by atoms with Crippen LogP contribution in [0.1, 0.15) is 34.3 Å². The van der Waals surface area contributed by atoms with Crippen molar-refractivity contribution in [3.8, 4) is 11.1 Å². The van der Waals surface area contributed by atoms with Gasteiger partial charge in [0.2, 0.25) is 0 Å². The zero-order chi connectivity index (χ0) is 15.7. The molecule has 2 atom stereocenters. The maximum Gasteiger partial charge on any atom is 0.173 e. The van der Waals surface area contributed by atoms with Gasteiger partial charge in [0.15, 0.2) is 11.6 Å². The number of ketones is 2. The van der Waals surface area contributed by atoms with Gasteiger partial charge in [0.25, 0.3) is 0 Å². The highest BCUT2D eigenvalue weighted by molar-refractivity contribution is 6.21. The Morgan fingerprint density at radius 1 is 0.826 bits per heavy atom. The Morgan fingerprint density at radius 3 is 2.48 bits per heavy atom. The lowest BCUT2D eigenvalue weighted by atomic mass is 9.75. The van der Waals surface area contributed by atoms with Crippen LogP contribution in [0.4, 0.5) is 0 Å². The fourth-order valence-electron chi connectivity index (χ4n) is 4.20. The molecule has 0 bridgehead atoms. The predicted octanol–water partition coefficient (Wildman–Crippen LogP) is 4.35. The van der Waals surface area contributed by atoms with Gasteiger partial charge in [-0.25, -0.2) is 0 Å². The molecule has 0 amide bonds. The third-order valence-electron chi connectivity index (χ3n) is 5.31. The molecule has 0 fully saturated rings. The van der Waals surface area contributed by atoms with Crippen LogP contribution < -0.4 is 0 Å². The Balaban J connectivity index is 1.97. The lowest BCUT2D eigenvalue weighted by molar-refractivity contribution is -0.121. The van der Waals surface area contributed by atoms with Gasteiger partial charge in [0.05, 0.1) is 11.8 Å². The van der Waals surface area contributed by atoms with Crippen molar-refractivity contribution in [3.63, 3.8) is 0 Å². The Labute approximate surface area is 133 Å². The second-order valence-electron chi connectivity index (χ2n) is 6.44.